The monoisotopic (exact) mass is 334 g/mol. The number of nitrogens with one attached hydrogen (secondary N) is 1. The Balaban J connectivity index is 1.88. The average Bonchev–Trinajstić information content (AvgIpc) is 2.66. The van der Waals surface area contributed by atoms with Gasteiger partial charge in [0.2, 0.25) is 5.91 Å². The van der Waals surface area contributed by atoms with Crippen LogP contribution < -0.4 is 10.2 Å². The fraction of sp³-hybridized carbons (Fsp3) is 0.235. The molecule has 1 aliphatic heterocycles. The zero-order valence-electron chi connectivity index (χ0n) is 12.3. The van der Waals surface area contributed by atoms with Crippen LogP contribution in [-0.4, -0.2) is 24.1 Å². The Morgan fingerprint density at radius 1 is 1.30 bits per heavy atom. The van der Waals surface area contributed by atoms with E-state index in [2.05, 4.69) is 5.32 Å². The van der Waals surface area contributed by atoms with Crippen LogP contribution in [0.15, 0.2) is 42.5 Å². The first-order valence-electron chi connectivity index (χ1n) is 7.31. The van der Waals surface area contributed by atoms with Gasteiger partial charge in [0.25, 0.3) is 0 Å². The molecule has 120 valence electrons. The summed E-state index contributed by atoms with van der Waals surface area (Å²) in [6.07, 6.45) is -0.541. The van der Waals surface area contributed by atoms with Gasteiger partial charge in [0.15, 0.2) is 0 Å². The van der Waals surface area contributed by atoms with Gasteiger partial charge in [-0.3, -0.25) is 4.79 Å². The highest BCUT2D eigenvalue weighted by Crippen LogP contribution is 2.32. The maximum Gasteiger partial charge on any atom is 0.226 e. The van der Waals surface area contributed by atoms with Crippen LogP contribution in [0.4, 0.5) is 15.8 Å². The molecule has 4 nitrogen and oxygen atoms in total. The van der Waals surface area contributed by atoms with Crippen molar-refractivity contribution < 1.29 is 14.3 Å². The highest BCUT2D eigenvalue weighted by Gasteiger charge is 2.23. The van der Waals surface area contributed by atoms with Gasteiger partial charge in [0.05, 0.1) is 17.5 Å². The maximum atomic E-state index is 13.4. The molecule has 0 aromatic heterocycles. The number of β-amino-alcohol motifs (C(OH)–C–C–N with tert-alkyl or cyclic N) is 1. The molecule has 2 aromatic carbocycles. The fourth-order valence-corrected chi connectivity index (χ4v) is 2.96. The summed E-state index contributed by atoms with van der Waals surface area (Å²) < 4.78 is 13.4. The first-order valence-corrected chi connectivity index (χ1v) is 7.69. The molecule has 2 N–H and O–H groups in total. The van der Waals surface area contributed by atoms with E-state index in [-0.39, 0.29) is 18.9 Å². The summed E-state index contributed by atoms with van der Waals surface area (Å²) in [4.78, 5) is 13.6. The summed E-state index contributed by atoms with van der Waals surface area (Å²) in [5.74, 6) is -0.593. The Morgan fingerprint density at radius 3 is 2.87 bits per heavy atom. The molecule has 3 rings (SSSR count). The molecule has 1 heterocycles. The van der Waals surface area contributed by atoms with E-state index in [1.165, 1.54) is 12.1 Å². The molecule has 0 radical (unpaired) electrons. The van der Waals surface area contributed by atoms with E-state index in [9.17, 15) is 14.3 Å². The van der Waals surface area contributed by atoms with E-state index in [0.717, 1.165) is 0 Å². The second kappa shape index (κ2) is 6.56. The van der Waals surface area contributed by atoms with Crippen LogP contribution in [0.3, 0.4) is 0 Å². The predicted molar refractivity (Wildman–Crippen MR) is 88.3 cm³/mol. The fourth-order valence-electron chi connectivity index (χ4n) is 2.70. The molecule has 1 unspecified atom stereocenters. The van der Waals surface area contributed by atoms with Gasteiger partial charge in [-0.05, 0) is 24.3 Å². The van der Waals surface area contributed by atoms with Crippen molar-refractivity contribution in [1.82, 2.24) is 0 Å². The molecular weight excluding hydrogens is 319 g/mol. The molecule has 0 aliphatic carbocycles. The number of benzene rings is 2. The molecule has 0 saturated carbocycles. The van der Waals surface area contributed by atoms with Crippen LogP contribution >= 0.6 is 11.6 Å². The molecule has 0 saturated heterocycles. The number of halogens is 2. The molecule has 6 heteroatoms. The summed E-state index contributed by atoms with van der Waals surface area (Å²) in [7, 11) is 0. The van der Waals surface area contributed by atoms with Crippen molar-refractivity contribution in [2.75, 3.05) is 23.3 Å². The number of rotatable bonds is 3. The SMILES string of the molecule is O=C1CCN(CC(O)c2ccccc2Cl)c2ccc(F)cc2N1. The van der Waals surface area contributed by atoms with Crippen LogP contribution in [-0.2, 0) is 4.79 Å². The number of carbonyl (C=O) groups excluding carboxylic acids is 1. The van der Waals surface area contributed by atoms with Crippen LogP contribution in [0.2, 0.25) is 5.02 Å². The number of aliphatic hydroxyl groups is 1. The Bertz CT molecular complexity index is 738. The van der Waals surface area contributed by atoms with Crippen molar-refractivity contribution in [2.45, 2.75) is 12.5 Å². The maximum absolute atomic E-state index is 13.4. The van der Waals surface area contributed by atoms with Gasteiger partial charge in [-0.15, -0.1) is 0 Å². The quantitative estimate of drug-likeness (QED) is 0.905. The van der Waals surface area contributed by atoms with E-state index in [1.807, 2.05) is 4.90 Å². The lowest BCUT2D eigenvalue weighted by atomic mass is 10.1. The molecule has 23 heavy (non-hydrogen) atoms. The molecule has 0 fully saturated rings. The lowest BCUT2D eigenvalue weighted by Gasteiger charge is -2.27. The van der Waals surface area contributed by atoms with Gasteiger partial charge in [-0.2, -0.15) is 0 Å². The molecule has 0 bridgehead atoms. The highest BCUT2D eigenvalue weighted by atomic mass is 35.5. The van der Waals surface area contributed by atoms with Gasteiger partial charge in [-0.1, -0.05) is 29.8 Å². The van der Waals surface area contributed by atoms with Crippen molar-refractivity contribution in [2.24, 2.45) is 0 Å². The molecule has 1 aliphatic rings. The zero-order chi connectivity index (χ0) is 16.4. The van der Waals surface area contributed by atoms with Crippen molar-refractivity contribution in [1.29, 1.82) is 0 Å². The van der Waals surface area contributed by atoms with Gasteiger partial charge >= 0.3 is 0 Å². The minimum absolute atomic E-state index is 0.174. The average molecular weight is 335 g/mol. The van der Waals surface area contributed by atoms with Crippen molar-refractivity contribution in [3.05, 3.63) is 58.9 Å². The third-order valence-corrected chi connectivity index (χ3v) is 4.18. The Labute approximate surface area is 138 Å². The number of anilines is 2. The summed E-state index contributed by atoms with van der Waals surface area (Å²) in [6, 6.07) is 11.3. The Hall–Kier alpha value is -2.11. The normalized spacial score (nSPS) is 15.6. The third kappa shape index (κ3) is 3.46. The first kappa shape index (κ1) is 15.8. The van der Waals surface area contributed by atoms with Gasteiger partial charge in [-0.25, -0.2) is 4.39 Å². The van der Waals surface area contributed by atoms with E-state index in [4.69, 9.17) is 11.6 Å². The number of amides is 1. The first-order chi connectivity index (χ1) is 11.0. The number of hydrogen-bond acceptors (Lipinski definition) is 3. The number of carbonyl (C=O) groups is 1. The van der Waals surface area contributed by atoms with E-state index >= 15 is 0 Å². The molecule has 0 spiro atoms. The number of hydrogen-bond donors (Lipinski definition) is 2. The largest absolute Gasteiger partial charge is 0.387 e. The Morgan fingerprint density at radius 2 is 2.09 bits per heavy atom. The second-order valence-corrected chi connectivity index (χ2v) is 5.85. The van der Waals surface area contributed by atoms with Gasteiger partial charge in [0, 0.05) is 30.1 Å². The van der Waals surface area contributed by atoms with Crippen LogP contribution in [0.5, 0.6) is 0 Å². The van der Waals surface area contributed by atoms with Crippen molar-refractivity contribution in [3.8, 4) is 0 Å². The van der Waals surface area contributed by atoms with Crippen LogP contribution in [0, 0.1) is 5.82 Å². The van der Waals surface area contributed by atoms with E-state index in [0.29, 0.717) is 28.5 Å². The molecule has 1 atom stereocenters. The van der Waals surface area contributed by atoms with E-state index < -0.39 is 11.9 Å². The summed E-state index contributed by atoms with van der Waals surface area (Å²) in [6.45, 7) is 0.698. The van der Waals surface area contributed by atoms with Crippen LogP contribution in [0.25, 0.3) is 0 Å². The third-order valence-electron chi connectivity index (χ3n) is 3.84. The van der Waals surface area contributed by atoms with Crippen molar-refractivity contribution in [3.63, 3.8) is 0 Å². The van der Waals surface area contributed by atoms with Gasteiger partial charge < -0.3 is 15.3 Å². The summed E-state index contributed by atoms with van der Waals surface area (Å²) >= 11 is 6.12. The Kier molecular flexibility index (Phi) is 4.50. The highest BCUT2D eigenvalue weighted by molar-refractivity contribution is 6.31. The lowest BCUT2D eigenvalue weighted by molar-refractivity contribution is -0.116. The lowest BCUT2D eigenvalue weighted by Crippen LogP contribution is -2.29. The standard InChI is InChI=1S/C17H16ClFN2O2/c18-13-4-2-1-3-12(13)16(22)10-21-8-7-17(23)20-14-9-11(19)5-6-15(14)21/h1-6,9,16,22H,7-8,10H2,(H,20,23). The topological polar surface area (TPSA) is 52.6 Å². The minimum atomic E-state index is -0.810. The molecule has 1 amide bonds. The predicted octanol–water partition coefficient (Wildman–Crippen LogP) is 3.36. The summed E-state index contributed by atoms with van der Waals surface area (Å²) in [5, 5.41) is 13.7. The minimum Gasteiger partial charge on any atom is -0.387 e. The summed E-state index contributed by atoms with van der Waals surface area (Å²) in [5.41, 5.74) is 1.73. The zero-order valence-corrected chi connectivity index (χ0v) is 13.1. The second-order valence-electron chi connectivity index (χ2n) is 5.44. The van der Waals surface area contributed by atoms with E-state index in [1.54, 1.807) is 30.3 Å². The van der Waals surface area contributed by atoms with Gasteiger partial charge in [0.1, 0.15) is 5.82 Å². The number of aliphatic hydroxyl groups excluding tert-OH is 1. The van der Waals surface area contributed by atoms with Crippen molar-refractivity contribution >= 4 is 28.9 Å². The number of nitrogens with zero attached hydrogens (tertiary/aromatic N) is 1. The van der Waals surface area contributed by atoms with Crippen LogP contribution in [0.1, 0.15) is 18.1 Å². The molecular formula is C17H16ClFN2O2. The number of fused-ring (bicyclic) bond motifs is 1. The molecule has 2 aromatic rings. The smallest absolute Gasteiger partial charge is 0.226 e.